The van der Waals surface area contributed by atoms with Crippen LogP contribution in [0.25, 0.3) is 0 Å². The second-order valence-corrected chi connectivity index (χ2v) is 6.11. The number of amides is 2. The Morgan fingerprint density at radius 3 is 2.30 bits per heavy atom. The molecule has 0 aliphatic carbocycles. The fourth-order valence-corrected chi connectivity index (χ4v) is 2.20. The zero-order chi connectivity index (χ0) is 15.3. The third-order valence-corrected chi connectivity index (χ3v) is 3.75. The minimum atomic E-state index is -3.95. The summed E-state index contributed by atoms with van der Waals surface area (Å²) in [6.07, 6.45) is 1.73. The lowest BCUT2D eigenvalue weighted by Gasteiger charge is -2.20. The molecule has 108 valence electrons. The molecule has 8 heteroatoms. The molecule has 1 rings (SSSR count). The maximum Gasteiger partial charge on any atom is 0.348 e. The van der Waals surface area contributed by atoms with Crippen molar-refractivity contribution in [1.29, 1.82) is 5.26 Å². The summed E-state index contributed by atoms with van der Waals surface area (Å²) < 4.78 is 25.7. The lowest BCUT2D eigenvalue weighted by Crippen LogP contribution is -2.49. The maximum atomic E-state index is 11.9. The Labute approximate surface area is 118 Å². The summed E-state index contributed by atoms with van der Waals surface area (Å²) in [6, 6.07) is 4.78. The van der Waals surface area contributed by atoms with Gasteiger partial charge < -0.3 is 0 Å². The standard InChI is InChI=1S/C12H16N4O3S/c1-9(2)16(8-13)14-12(17)15-20(18,19)11-6-4-10(3)5-7-11/h4-7,9H,1-3H3,(H2,14,15,17). The van der Waals surface area contributed by atoms with Crippen molar-refractivity contribution in [3.63, 3.8) is 0 Å². The van der Waals surface area contributed by atoms with E-state index >= 15 is 0 Å². The van der Waals surface area contributed by atoms with Crippen molar-refractivity contribution in [2.45, 2.75) is 31.7 Å². The number of rotatable bonds is 4. The molecule has 7 nitrogen and oxygen atoms in total. The largest absolute Gasteiger partial charge is 0.348 e. The molecule has 1 aromatic carbocycles. The zero-order valence-corrected chi connectivity index (χ0v) is 12.2. The van der Waals surface area contributed by atoms with E-state index in [1.165, 1.54) is 12.1 Å². The molecule has 0 bridgehead atoms. The van der Waals surface area contributed by atoms with Gasteiger partial charge in [0.25, 0.3) is 10.0 Å². The second-order valence-electron chi connectivity index (χ2n) is 4.42. The van der Waals surface area contributed by atoms with E-state index in [9.17, 15) is 13.2 Å². The van der Waals surface area contributed by atoms with E-state index in [0.29, 0.717) is 0 Å². The first-order valence-electron chi connectivity index (χ1n) is 5.85. The van der Waals surface area contributed by atoms with E-state index in [0.717, 1.165) is 10.6 Å². The number of hydrazine groups is 1. The number of nitrogens with zero attached hydrogens (tertiary/aromatic N) is 2. The fourth-order valence-electron chi connectivity index (χ4n) is 1.30. The Kier molecular flexibility index (Phi) is 4.94. The number of sulfonamides is 1. The van der Waals surface area contributed by atoms with Crippen molar-refractivity contribution >= 4 is 16.1 Å². The van der Waals surface area contributed by atoms with Gasteiger partial charge in [-0.3, -0.25) is 0 Å². The molecule has 0 fully saturated rings. The minimum absolute atomic E-state index is 0.0219. The van der Waals surface area contributed by atoms with E-state index in [4.69, 9.17) is 5.26 Å². The van der Waals surface area contributed by atoms with Gasteiger partial charge in [0.05, 0.1) is 10.9 Å². The van der Waals surface area contributed by atoms with Crippen molar-refractivity contribution < 1.29 is 13.2 Å². The van der Waals surface area contributed by atoms with Gasteiger partial charge >= 0.3 is 6.03 Å². The molecule has 2 N–H and O–H groups in total. The number of nitriles is 1. The zero-order valence-electron chi connectivity index (χ0n) is 11.4. The van der Waals surface area contributed by atoms with Gasteiger partial charge in [0, 0.05) is 0 Å². The van der Waals surface area contributed by atoms with E-state index in [1.54, 1.807) is 32.2 Å². The first kappa shape index (κ1) is 15.8. The topological polar surface area (TPSA) is 102 Å². The molecule has 2 amide bonds. The normalized spacial score (nSPS) is 10.8. The van der Waals surface area contributed by atoms with E-state index in [-0.39, 0.29) is 10.9 Å². The molecule has 0 aliphatic heterocycles. The Hall–Kier alpha value is -2.27. The number of urea groups is 1. The van der Waals surface area contributed by atoms with Crippen molar-refractivity contribution in [2.24, 2.45) is 0 Å². The third kappa shape index (κ3) is 4.13. The molecule has 0 radical (unpaired) electrons. The molecule has 0 spiro atoms. The molecule has 0 saturated heterocycles. The Balaban J connectivity index is 2.79. The second kappa shape index (κ2) is 6.25. The predicted octanol–water partition coefficient (Wildman–Crippen LogP) is 1.09. The minimum Gasteiger partial charge on any atom is -0.246 e. The molecule has 0 aliphatic rings. The molecular formula is C12H16N4O3S. The summed E-state index contributed by atoms with van der Waals surface area (Å²) in [5, 5.41) is 9.72. The summed E-state index contributed by atoms with van der Waals surface area (Å²) in [7, 11) is -3.95. The van der Waals surface area contributed by atoms with Gasteiger partial charge in [0.15, 0.2) is 6.19 Å². The molecule has 0 unspecified atom stereocenters. The molecule has 0 saturated carbocycles. The lowest BCUT2D eigenvalue weighted by molar-refractivity contribution is 0.202. The van der Waals surface area contributed by atoms with Crippen molar-refractivity contribution in [3.8, 4) is 6.19 Å². The first-order valence-corrected chi connectivity index (χ1v) is 7.33. The van der Waals surface area contributed by atoms with E-state index < -0.39 is 16.1 Å². The van der Waals surface area contributed by atoms with E-state index in [2.05, 4.69) is 5.43 Å². The fraction of sp³-hybridized carbons (Fsp3) is 0.333. The van der Waals surface area contributed by atoms with Gasteiger partial charge in [-0.15, -0.1) is 0 Å². The number of carbonyl (C=O) groups excluding carboxylic acids is 1. The van der Waals surface area contributed by atoms with Crippen LogP contribution in [0.3, 0.4) is 0 Å². The lowest BCUT2D eigenvalue weighted by atomic mass is 10.2. The highest BCUT2D eigenvalue weighted by atomic mass is 32.2. The monoisotopic (exact) mass is 296 g/mol. The average Bonchev–Trinajstić information content (AvgIpc) is 2.35. The van der Waals surface area contributed by atoms with Gasteiger partial charge in [-0.25, -0.2) is 28.4 Å². The number of nitrogens with one attached hydrogen (secondary N) is 2. The number of aryl methyl sites for hydroxylation is 1. The summed E-state index contributed by atoms with van der Waals surface area (Å²) in [4.78, 5) is 11.6. The van der Waals surface area contributed by atoms with Crippen LogP contribution in [0.2, 0.25) is 0 Å². The smallest absolute Gasteiger partial charge is 0.246 e. The van der Waals surface area contributed by atoms with Crippen LogP contribution in [0.1, 0.15) is 19.4 Å². The van der Waals surface area contributed by atoms with E-state index in [1.807, 2.05) is 11.6 Å². The highest BCUT2D eigenvalue weighted by Gasteiger charge is 2.19. The molecule has 0 heterocycles. The van der Waals surface area contributed by atoms with Crippen LogP contribution < -0.4 is 10.1 Å². The molecule has 1 aromatic rings. The van der Waals surface area contributed by atoms with Crippen LogP contribution in [-0.2, 0) is 10.0 Å². The molecule has 20 heavy (non-hydrogen) atoms. The summed E-state index contributed by atoms with van der Waals surface area (Å²) >= 11 is 0. The first-order chi connectivity index (χ1) is 9.26. The number of hydrogen-bond acceptors (Lipinski definition) is 5. The van der Waals surface area contributed by atoms with Crippen molar-refractivity contribution in [2.75, 3.05) is 0 Å². The van der Waals surface area contributed by atoms with Crippen molar-refractivity contribution in [1.82, 2.24) is 15.2 Å². The molecular weight excluding hydrogens is 280 g/mol. The van der Waals surface area contributed by atoms with Gasteiger partial charge in [-0.2, -0.15) is 5.26 Å². The van der Waals surface area contributed by atoms with Crippen LogP contribution >= 0.6 is 0 Å². The third-order valence-electron chi connectivity index (χ3n) is 2.40. The Bertz CT molecular complexity index is 617. The van der Waals surface area contributed by atoms with Gasteiger partial charge in [-0.1, -0.05) is 17.7 Å². The molecule has 0 aromatic heterocycles. The average molecular weight is 296 g/mol. The van der Waals surface area contributed by atoms with Crippen LogP contribution in [0.15, 0.2) is 29.2 Å². The number of carbonyl (C=O) groups is 1. The quantitative estimate of drug-likeness (QED) is 0.492. The van der Waals surface area contributed by atoms with Gasteiger partial charge in [-0.05, 0) is 32.9 Å². The van der Waals surface area contributed by atoms with Crippen LogP contribution in [-0.4, -0.2) is 25.5 Å². The van der Waals surface area contributed by atoms with Gasteiger partial charge in [0.1, 0.15) is 0 Å². The SMILES string of the molecule is Cc1ccc(S(=O)(=O)NC(=O)NN(C#N)C(C)C)cc1. The van der Waals surface area contributed by atoms with Gasteiger partial charge in [0.2, 0.25) is 0 Å². The van der Waals surface area contributed by atoms with Crippen LogP contribution in [0.4, 0.5) is 4.79 Å². The summed E-state index contributed by atoms with van der Waals surface area (Å²) in [5.41, 5.74) is 3.05. The number of benzene rings is 1. The Morgan fingerprint density at radius 2 is 1.85 bits per heavy atom. The highest BCUT2D eigenvalue weighted by Crippen LogP contribution is 2.09. The van der Waals surface area contributed by atoms with Crippen molar-refractivity contribution in [3.05, 3.63) is 29.8 Å². The number of hydrogen-bond donors (Lipinski definition) is 2. The predicted molar refractivity (Wildman–Crippen MR) is 72.6 cm³/mol. The highest BCUT2D eigenvalue weighted by molar-refractivity contribution is 7.90. The summed E-state index contributed by atoms with van der Waals surface area (Å²) in [5.74, 6) is 0. The molecule has 0 atom stereocenters. The Morgan fingerprint density at radius 1 is 1.30 bits per heavy atom. The van der Waals surface area contributed by atoms with Crippen LogP contribution in [0, 0.1) is 18.4 Å². The summed E-state index contributed by atoms with van der Waals surface area (Å²) in [6.45, 7) is 5.18. The maximum absolute atomic E-state index is 11.9. The van der Waals surface area contributed by atoms with Crippen LogP contribution in [0.5, 0.6) is 0 Å².